The third kappa shape index (κ3) is 4.98. The second-order valence-electron chi connectivity index (χ2n) is 6.90. The molecule has 0 bridgehead atoms. The van der Waals surface area contributed by atoms with Gasteiger partial charge in [-0.05, 0) is 57.9 Å². The van der Waals surface area contributed by atoms with Crippen molar-refractivity contribution in [2.45, 2.75) is 45.3 Å². The molecule has 6 nitrogen and oxygen atoms in total. The van der Waals surface area contributed by atoms with Gasteiger partial charge in [0.2, 0.25) is 0 Å². The highest BCUT2D eigenvalue weighted by molar-refractivity contribution is 5.94. The van der Waals surface area contributed by atoms with E-state index in [1.165, 1.54) is 0 Å². The molecule has 2 rings (SSSR count). The summed E-state index contributed by atoms with van der Waals surface area (Å²) in [6.45, 7) is 6.64. The van der Waals surface area contributed by atoms with E-state index in [-0.39, 0.29) is 11.9 Å². The van der Waals surface area contributed by atoms with Gasteiger partial charge in [0.25, 0.3) is 5.91 Å². The van der Waals surface area contributed by atoms with E-state index in [4.69, 9.17) is 10.00 Å². The minimum atomic E-state index is -0.518. The van der Waals surface area contributed by atoms with E-state index in [0.29, 0.717) is 37.1 Å². The smallest absolute Gasteiger partial charge is 0.407 e. The standard InChI is InChI=1S/C18H23N3O3/c1-18(2,3)24-17(23)20-15-8-10-21(11-9-15)16(22)14-6-4-13(12-19)5-7-14/h4-7,15H,8-11H2,1-3H3,(H,20,23). The minimum absolute atomic E-state index is 0.0184. The highest BCUT2D eigenvalue weighted by Gasteiger charge is 2.26. The number of nitrogens with zero attached hydrogens (tertiary/aromatic N) is 2. The monoisotopic (exact) mass is 329 g/mol. The summed E-state index contributed by atoms with van der Waals surface area (Å²) in [7, 11) is 0. The molecular weight excluding hydrogens is 306 g/mol. The molecule has 0 saturated carbocycles. The summed E-state index contributed by atoms with van der Waals surface area (Å²) in [5, 5.41) is 11.7. The molecule has 1 aliphatic heterocycles. The summed E-state index contributed by atoms with van der Waals surface area (Å²) in [4.78, 5) is 26.0. The molecule has 1 saturated heterocycles. The maximum absolute atomic E-state index is 12.4. The van der Waals surface area contributed by atoms with Crippen molar-refractivity contribution >= 4 is 12.0 Å². The summed E-state index contributed by atoms with van der Waals surface area (Å²) >= 11 is 0. The van der Waals surface area contributed by atoms with Gasteiger partial charge in [-0.3, -0.25) is 4.79 Å². The topological polar surface area (TPSA) is 82.4 Å². The molecule has 1 N–H and O–H groups in total. The quantitative estimate of drug-likeness (QED) is 0.904. The largest absolute Gasteiger partial charge is 0.444 e. The normalized spacial score (nSPS) is 15.5. The average molecular weight is 329 g/mol. The first-order chi connectivity index (χ1) is 11.3. The molecule has 1 aromatic rings. The first kappa shape index (κ1) is 17.8. The number of ether oxygens (including phenoxy) is 1. The van der Waals surface area contributed by atoms with E-state index in [1.807, 2.05) is 26.8 Å². The molecule has 0 atom stereocenters. The number of nitrogens with one attached hydrogen (secondary N) is 1. The zero-order valence-electron chi connectivity index (χ0n) is 14.3. The predicted octanol–water partition coefficient (Wildman–Crippen LogP) is 2.69. The van der Waals surface area contributed by atoms with Gasteiger partial charge in [-0.15, -0.1) is 0 Å². The molecular formula is C18H23N3O3. The van der Waals surface area contributed by atoms with Crippen molar-refractivity contribution in [3.8, 4) is 6.07 Å². The Morgan fingerprint density at radius 2 is 1.79 bits per heavy atom. The van der Waals surface area contributed by atoms with Crippen LogP contribution in [0, 0.1) is 11.3 Å². The Labute approximate surface area is 142 Å². The van der Waals surface area contributed by atoms with Crippen LogP contribution in [0.15, 0.2) is 24.3 Å². The third-order valence-electron chi connectivity index (χ3n) is 3.76. The molecule has 0 aliphatic carbocycles. The summed E-state index contributed by atoms with van der Waals surface area (Å²) in [6, 6.07) is 8.68. The Bertz CT molecular complexity index is 633. The van der Waals surface area contributed by atoms with Crippen molar-refractivity contribution in [3.05, 3.63) is 35.4 Å². The molecule has 2 amide bonds. The van der Waals surface area contributed by atoms with Crippen molar-refractivity contribution in [1.29, 1.82) is 5.26 Å². The Balaban J connectivity index is 1.84. The lowest BCUT2D eigenvalue weighted by Gasteiger charge is -2.33. The Morgan fingerprint density at radius 3 is 2.29 bits per heavy atom. The SMILES string of the molecule is CC(C)(C)OC(=O)NC1CCN(C(=O)c2ccc(C#N)cc2)CC1. The van der Waals surface area contributed by atoms with Crippen LogP contribution in [0.3, 0.4) is 0 Å². The lowest BCUT2D eigenvalue weighted by Crippen LogP contribution is -2.47. The van der Waals surface area contributed by atoms with Crippen molar-refractivity contribution in [2.24, 2.45) is 0 Å². The van der Waals surface area contributed by atoms with Gasteiger partial charge in [0, 0.05) is 24.7 Å². The number of alkyl carbamates (subject to hydrolysis) is 1. The van der Waals surface area contributed by atoms with Crippen LogP contribution < -0.4 is 5.32 Å². The van der Waals surface area contributed by atoms with Crippen LogP contribution in [-0.2, 0) is 4.74 Å². The fourth-order valence-electron chi connectivity index (χ4n) is 2.57. The molecule has 1 aliphatic rings. The van der Waals surface area contributed by atoms with E-state index >= 15 is 0 Å². The molecule has 128 valence electrons. The number of rotatable bonds is 2. The summed E-state index contributed by atoms with van der Waals surface area (Å²) in [5.74, 6) is -0.0461. The Kier molecular flexibility index (Phi) is 5.45. The van der Waals surface area contributed by atoms with E-state index in [0.717, 1.165) is 0 Å². The fourth-order valence-corrected chi connectivity index (χ4v) is 2.57. The molecule has 0 unspecified atom stereocenters. The van der Waals surface area contributed by atoms with Crippen LogP contribution in [0.5, 0.6) is 0 Å². The number of hydrogen-bond acceptors (Lipinski definition) is 4. The van der Waals surface area contributed by atoms with Gasteiger partial charge < -0.3 is 15.0 Å². The van der Waals surface area contributed by atoms with E-state index in [2.05, 4.69) is 5.32 Å². The zero-order chi connectivity index (χ0) is 17.7. The van der Waals surface area contributed by atoms with Gasteiger partial charge >= 0.3 is 6.09 Å². The average Bonchev–Trinajstić information content (AvgIpc) is 2.53. The highest BCUT2D eigenvalue weighted by Crippen LogP contribution is 2.15. The maximum Gasteiger partial charge on any atom is 0.407 e. The van der Waals surface area contributed by atoms with Crippen molar-refractivity contribution < 1.29 is 14.3 Å². The van der Waals surface area contributed by atoms with Gasteiger partial charge in [0.1, 0.15) is 5.60 Å². The fraction of sp³-hybridized carbons (Fsp3) is 0.500. The second-order valence-corrected chi connectivity index (χ2v) is 6.90. The van der Waals surface area contributed by atoms with E-state index in [1.54, 1.807) is 29.2 Å². The lowest BCUT2D eigenvalue weighted by molar-refractivity contribution is 0.0473. The molecule has 0 aromatic heterocycles. The number of amides is 2. The molecule has 0 spiro atoms. The number of benzene rings is 1. The van der Waals surface area contributed by atoms with Gasteiger partial charge in [-0.1, -0.05) is 0 Å². The molecule has 1 heterocycles. The maximum atomic E-state index is 12.4. The van der Waals surface area contributed by atoms with E-state index in [9.17, 15) is 9.59 Å². The molecule has 1 aromatic carbocycles. The van der Waals surface area contributed by atoms with Crippen LogP contribution in [0.2, 0.25) is 0 Å². The lowest BCUT2D eigenvalue weighted by atomic mass is 10.0. The van der Waals surface area contributed by atoms with E-state index < -0.39 is 11.7 Å². The molecule has 24 heavy (non-hydrogen) atoms. The van der Waals surface area contributed by atoms with Gasteiger partial charge in [0.05, 0.1) is 11.6 Å². The minimum Gasteiger partial charge on any atom is -0.444 e. The number of hydrogen-bond donors (Lipinski definition) is 1. The molecule has 0 radical (unpaired) electrons. The van der Waals surface area contributed by atoms with Crippen LogP contribution in [-0.4, -0.2) is 41.6 Å². The number of carbonyl (C=O) groups is 2. The van der Waals surface area contributed by atoms with Crippen molar-refractivity contribution in [1.82, 2.24) is 10.2 Å². The van der Waals surface area contributed by atoms with Gasteiger partial charge in [-0.2, -0.15) is 5.26 Å². The van der Waals surface area contributed by atoms with Gasteiger partial charge in [0.15, 0.2) is 0 Å². The van der Waals surface area contributed by atoms with Gasteiger partial charge in [-0.25, -0.2) is 4.79 Å². The number of carbonyl (C=O) groups excluding carboxylic acids is 2. The second kappa shape index (κ2) is 7.35. The molecule has 6 heteroatoms. The molecule has 1 fully saturated rings. The van der Waals surface area contributed by atoms with Crippen LogP contribution in [0.1, 0.15) is 49.5 Å². The number of piperidine rings is 1. The Morgan fingerprint density at radius 1 is 1.21 bits per heavy atom. The zero-order valence-corrected chi connectivity index (χ0v) is 14.3. The predicted molar refractivity (Wildman–Crippen MR) is 89.5 cm³/mol. The van der Waals surface area contributed by atoms with Crippen molar-refractivity contribution in [3.63, 3.8) is 0 Å². The summed E-state index contributed by atoms with van der Waals surface area (Å²) in [6.07, 6.45) is 0.974. The van der Waals surface area contributed by atoms with Crippen LogP contribution in [0.25, 0.3) is 0 Å². The highest BCUT2D eigenvalue weighted by atomic mass is 16.6. The van der Waals surface area contributed by atoms with Crippen LogP contribution in [0.4, 0.5) is 4.79 Å². The summed E-state index contributed by atoms with van der Waals surface area (Å²) < 4.78 is 5.25. The first-order valence-corrected chi connectivity index (χ1v) is 8.07. The summed E-state index contributed by atoms with van der Waals surface area (Å²) in [5.41, 5.74) is 0.593. The van der Waals surface area contributed by atoms with Crippen molar-refractivity contribution in [2.75, 3.05) is 13.1 Å². The number of nitriles is 1. The Hall–Kier alpha value is -2.55. The third-order valence-corrected chi connectivity index (χ3v) is 3.76. The first-order valence-electron chi connectivity index (χ1n) is 8.07. The van der Waals surface area contributed by atoms with Crippen LogP contribution >= 0.6 is 0 Å². The number of likely N-dealkylation sites (tertiary alicyclic amines) is 1.